The van der Waals surface area contributed by atoms with E-state index in [0.29, 0.717) is 0 Å². The Kier molecular flexibility index (Phi) is 7.41. The molecule has 0 aromatic heterocycles. The molecule has 18 heavy (non-hydrogen) atoms. The van der Waals surface area contributed by atoms with Crippen LogP contribution in [0.2, 0.25) is 0 Å². The summed E-state index contributed by atoms with van der Waals surface area (Å²) in [4.78, 5) is 2.38. The second kappa shape index (κ2) is 7.46. The molecule has 0 N–H and O–H groups in total. The number of hydrogen-bond donors (Lipinski definition) is 0. The van der Waals surface area contributed by atoms with Crippen molar-refractivity contribution in [1.82, 2.24) is 9.96 Å². The van der Waals surface area contributed by atoms with Gasteiger partial charge in [0.15, 0.2) is 0 Å². The molecule has 0 amide bonds. The fourth-order valence-electron chi connectivity index (χ4n) is 2.65. The number of nitrogens with zero attached hydrogens (tertiary/aromatic N) is 2. The fourth-order valence-corrected chi connectivity index (χ4v) is 2.65. The molecule has 0 spiro atoms. The molecule has 0 unspecified atom stereocenters. The van der Waals surface area contributed by atoms with Crippen molar-refractivity contribution in [3.63, 3.8) is 0 Å². The maximum atomic E-state index is 11.7. The maximum Gasteiger partial charge on any atom is 0.0443 e. The summed E-state index contributed by atoms with van der Waals surface area (Å²) in [5.41, 5.74) is -0.302. The van der Waals surface area contributed by atoms with Gasteiger partial charge < -0.3 is 4.90 Å². The minimum absolute atomic E-state index is 0.151. The summed E-state index contributed by atoms with van der Waals surface area (Å²) in [7, 11) is 0. The van der Waals surface area contributed by atoms with Crippen LogP contribution < -0.4 is 0 Å². The van der Waals surface area contributed by atoms with Crippen LogP contribution in [-0.2, 0) is 5.21 Å². The molecule has 1 aliphatic heterocycles. The molecule has 0 aromatic carbocycles. The summed E-state index contributed by atoms with van der Waals surface area (Å²) < 4.78 is 0. The topological polar surface area (TPSA) is 26.4 Å². The van der Waals surface area contributed by atoms with Crippen molar-refractivity contribution in [3.05, 3.63) is 0 Å². The van der Waals surface area contributed by atoms with Gasteiger partial charge in [-0.3, -0.25) is 0 Å². The normalized spacial score (nSPS) is 22.5. The molecule has 109 valence electrons. The molecule has 0 aromatic rings. The smallest absolute Gasteiger partial charge is 0.0443 e. The van der Waals surface area contributed by atoms with Crippen molar-refractivity contribution in [2.45, 2.75) is 78.8 Å². The molecule has 3 nitrogen and oxygen atoms in total. The lowest BCUT2D eigenvalue weighted by Gasteiger charge is -2.46. The van der Waals surface area contributed by atoms with Crippen LogP contribution in [-0.4, -0.2) is 40.7 Å². The molecule has 0 atom stereocenters. The first-order chi connectivity index (χ1) is 8.21. The second-order valence-electron chi connectivity index (χ2n) is 6.39. The highest BCUT2D eigenvalue weighted by Crippen LogP contribution is 2.36. The number of hydroxylamine groups is 2. The third-order valence-electron chi connectivity index (χ3n) is 4.02. The van der Waals surface area contributed by atoms with Gasteiger partial charge in [0.1, 0.15) is 0 Å². The highest BCUT2D eigenvalue weighted by molar-refractivity contribution is 4.91. The van der Waals surface area contributed by atoms with E-state index in [4.69, 9.17) is 0 Å². The molecule has 1 aliphatic rings. The number of piperidine rings is 1. The molecule has 1 saturated heterocycles. The molecule has 0 saturated carbocycles. The molecule has 1 heterocycles. The average molecular weight is 257 g/mol. The van der Waals surface area contributed by atoms with Crippen molar-refractivity contribution >= 4 is 0 Å². The quantitative estimate of drug-likeness (QED) is 0.770. The summed E-state index contributed by atoms with van der Waals surface area (Å²) in [6.45, 7) is 18.2. The summed E-state index contributed by atoms with van der Waals surface area (Å²) in [5.74, 6) is 0. The monoisotopic (exact) mass is 257 g/mol. The Labute approximate surface area is 114 Å². The summed E-state index contributed by atoms with van der Waals surface area (Å²) in [5, 5.41) is 13.0. The van der Waals surface area contributed by atoms with Crippen molar-refractivity contribution in [1.29, 1.82) is 0 Å². The lowest BCUT2D eigenvalue weighted by molar-refractivity contribution is -0.286. The molecule has 1 radical (unpaired) electrons. The van der Waals surface area contributed by atoms with Gasteiger partial charge in [-0.2, -0.15) is 0 Å². The number of rotatable bonds is 3. The Morgan fingerprint density at radius 2 is 1.22 bits per heavy atom. The van der Waals surface area contributed by atoms with Gasteiger partial charge in [-0.15, -0.1) is 10.3 Å². The molecule has 3 heteroatoms. The first kappa shape index (κ1) is 17.9. The van der Waals surface area contributed by atoms with Crippen LogP contribution >= 0.6 is 0 Å². The summed E-state index contributed by atoms with van der Waals surface area (Å²) >= 11 is 0. The van der Waals surface area contributed by atoms with E-state index >= 15 is 0 Å². The van der Waals surface area contributed by atoms with Crippen molar-refractivity contribution in [3.8, 4) is 0 Å². The fraction of sp³-hybridized carbons (Fsp3) is 1.00. The largest absolute Gasteiger partial charge is 0.304 e. The minimum Gasteiger partial charge on any atom is -0.304 e. The number of hydrogen-bond acceptors (Lipinski definition) is 2. The standard InChI is InChI=1S/C9H18NO.C6H15N/c1-8(2)6-5-7-9(3,4)10(8)11;1-4-7(5-2)6-3/h5-7H2,1-4H3;4-6H2,1-3H3. The van der Waals surface area contributed by atoms with Gasteiger partial charge in [0.05, 0.1) is 0 Å². The molecule has 1 fully saturated rings. The Bertz CT molecular complexity index is 201. The van der Waals surface area contributed by atoms with Crippen LogP contribution in [0.15, 0.2) is 0 Å². The van der Waals surface area contributed by atoms with Crippen LogP contribution in [0.25, 0.3) is 0 Å². The van der Waals surface area contributed by atoms with Gasteiger partial charge in [0, 0.05) is 11.1 Å². The molecule has 1 rings (SSSR count). The zero-order chi connectivity index (χ0) is 14.4. The van der Waals surface area contributed by atoms with E-state index in [0.717, 1.165) is 12.8 Å². The molecular weight excluding hydrogens is 224 g/mol. The highest BCUT2D eigenvalue weighted by atomic mass is 16.5. The van der Waals surface area contributed by atoms with Gasteiger partial charge in [-0.05, 0) is 66.6 Å². The van der Waals surface area contributed by atoms with Crippen molar-refractivity contribution in [2.75, 3.05) is 19.6 Å². The lowest BCUT2D eigenvalue weighted by atomic mass is 9.82. The Balaban J connectivity index is 0.000000360. The first-order valence-corrected chi connectivity index (χ1v) is 7.41. The average Bonchev–Trinajstić information content (AvgIpc) is 2.29. The van der Waals surface area contributed by atoms with Gasteiger partial charge in [0.25, 0.3) is 0 Å². The van der Waals surface area contributed by atoms with Crippen LogP contribution in [0, 0.1) is 0 Å². The third-order valence-corrected chi connectivity index (χ3v) is 4.02. The van der Waals surface area contributed by atoms with E-state index in [2.05, 4.69) is 25.7 Å². The van der Waals surface area contributed by atoms with Crippen LogP contribution in [0.1, 0.15) is 67.7 Å². The third kappa shape index (κ3) is 5.25. The highest BCUT2D eigenvalue weighted by Gasteiger charge is 2.41. The van der Waals surface area contributed by atoms with Gasteiger partial charge in [0.2, 0.25) is 0 Å². The van der Waals surface area contributed by atoms with E-state index in [1.807, 2.05) is 27.7 Å². The van der Waals surface area contributed by atoms with Gasteiger partial charge >= 0.3 is 0 Å². The van der Waals surface area contributed by atoms with Gasteiger partial charge in [-0.25, -0.2) is 0 Å². The van der Waals surface area contributed by atoms with Gasteiger partial charge in [-0.1, -0.05) is 20.8 Å². The van der Waals surface area contributed by atoms with E-state index in [1.165, 1.54) is 31.1 Å². The molecule has 0 bridgehead atoms. The SMILES string of the molecule is CC1(C)CCCC(C)(C)N1[O].CCN(CC)CC. The Morgan fingerprint density at radius 3 is 1.39 bits per heavy atom. The summed E-state index contributed by atoms with van der Waals surface area (Å²) in [6, 6.07) is 0. The van der Waals surface area contributed by atoms with E-state index < -0.39 is 0 Å². The zero-order valence-corrected chi connectivity index (χ0v) is 13.5. The predicted molar refractivity (Wildman–Crippen MR) is 78.0 cm³/mol. The Hall–Kier alpha value is -0.120. The Morgan fingerprint density at radius 1 is 0.889 bits per heavy atom. The van der Waals surface area contributed by atoms with Crippen molar-refractivity contribution in [2.24, 2.45) is 0 Å². The predicted octanol–water partition coefficient (Wildman–Crippen LogP) is 3.72. The van der Waals surface area contributed by atoms with Crippen LogP contribution in [0.5, 0.6) is 0 Å². The van der Waals surface area contributed by atoms with E-state index in [9.17, 15) is 5.21 Å². The minimum atomic E-state index is -0.151. The van der Waals surface area contributed by atoms with E-state index in [-0.39, 0.29) is 11.1 Å². The molecular formula is C15H33N2O. The van der Waals surface area contributed by atoms with Crippen molar-refractivity contribution < 1.29 is 5.21 Å². The zero-order valence-electron chi connectivity index (χ0n) is 13.5. The maximum absolute atomic E-state index is 11.7. The second-order valence-corrected chi connectivity index (χ2v) is 6.39. The van der Waals surface area contributed by atoms with E-state index in [1.54, 1.807) is 0 Å². The first-order valence-electron chi connectivity index (χ1n) is 7.41. The lowest BCUT2D eigenvalue weighted by Crippen LogP contribution is -2.55. The summed E-state index contributed by atoms with van der Waals surface area (Å²) in [6.07, 6.45) is 3.23. The van der Waals surface area contributed by atoms with Crippen LogP contribution in [0.3, 0.4) is 0 Å². The van der Waals surface area contributed by atoms with Crippen LogP contribution in [0.4, 0.5) is 0 Å². The molecule has 0 aliphatic carbocycles.